The van der Waals surface area contributed by atoms with Gasteiger partial charge >= 0.3 is 0 Å². The smallest absolute Gasteiger partial charge is 0.129 e. The molecule has 0 aliphatic rings. The minimum absolute atomic E-state index is 0.0162. The standard InChI is InChI=1S/C6H7O3P/c7-4-1-5(8)3-6(2-4)9-10/h1-3,7-8H,10H2. The first kappa shape index (κ1) is 7.16. The zero-order chi connectivity index (χ0) is 7.56. The fraction of sp³-hybridized carbons (Fsp3) is 0. The van der Waals surface area contributed by atoms with E-state index in [-0.39, 0.29) is 11.5 Å². The topological polar surface area (TPSA) is 49.7 Å². The normalized spacial score (nSPS) is 9.30. The Morgan fingerprint density at radius 1 is 1.10 bits per heavy atom. The molecule has 1 aromatic carbocycles. The Morgan fingerprint density at radius 3 is 2.00 bits per heavy atom. The van der Waals surface area contributed by atoms with E-state index < -0.39 is 0 Å². The molecular weight excluding hydrogens is 151 g/mol. The van der Waals surface area contributed by atoms with Gasteiger partial charge in [-0.05, 0) is 0 Å². The van der Waals surface area contributed by atoms with Gasteiger partial charge in [0.1, 0.15) is 17.2 Å². The molecule has 1 aromatic rings. The molecule has 0 amide bonds. The summed E-state index contributed by atoms with van der Waals surface area (Å²) in [6.45, 7) is 0. The van der Waals surface area contributed by atoms with Crippen LogP contribution in [0.1, 0.15) is 0 Å². The molecule has 0 saturated heterocycles. The van der Waals surface area contributed by atoms with Crippen LogP contribution in [-0.2, 0) is 0 Å². The number of aromatic hydroxyl groups is 2. The van der Waals surface area contributed by atoms with Crippen LogP contribution in [-0.4, -0.2) is 10.2 Å². The second-order valence-corrected chi connectivity index (χ2v) is 2.04. The Balaban J connectivity index is 3.06. The van der Waals surface area contributed by atoms with Gasteiger partial charge < -0.3 is 14.7 Å². The van der Waals surface area contributed by atoms with E-state index in [0.29, 0.717) is 5.75 Å². The summed E-state index contributed by atoms with van der Waals surface area (Å²) in [6.07, 6.45) is 0. The van der Waals surface area contributed by atoms with Gasteiger partial charge in [-0.25, -0.2) is 0 Å². The lowest BCUT2D eigenvalue weighted by atomic mass is 10.3. The predicted octanol–water partition coefficient (Wildman–Crippen LogP) is 1.27. The molecule has 0 bridgehead atoms. The van der Waals surface area contributed by atoms with Gasteiger partial charge in [-0.15, -0.1) is 0 Å². The third-order valence-corrected chi connectivity index (χ3v) is 1.28. The zero-order valence-electron chi connectivity index (χ0n) is 5.11. The lowest BCUT2D eigenvalue weighted by Gasteiger charge is -1.99. The molecule has 0 aromatic heterocycles. The molecule has 0 spiro atoms. The van der Waals surface area contributed by atoms with Gasteiger partial charge in [-0.1, -0.05) is 0 Å². The molecule has 0 radical (unpaired) electrons. The fourth-order valence-electron chi connectivity index (χ4n) is 0.636. The van der Waals surface area contributed by atoms with Crippen molar-refractivity contribution < 1.29 is 14.7 Å². The highest BCUT2D eigenvalue weighted by Crippen LogP contribution is 2.26. The summed E-state index contributed by atoms with van der Waals surface area (Å²) in [4.78, 5) is 0. The van der Waals surface area contributed by atoms with Gasteiger partial charge in [0, 0.05) is 18.2 Å². The van der Waals surface area contributed by atoms with Crippen molar-refractivity contribution in [1.29, 1.82) is 0 Å². The van der Waals surface area contributed by atoms with E-state index in [4.69, 9.17) is 10.2 Å². The van der Waals surface area contributed by atoms with Gasteiger partial charge in [0.25, 0.3) is 0 Å². The van der Waals surface area contributed by atoms with Gasteiger partial charge in [0.2, 0.25) is 0 Å². The summed E-state index contributed by atoms with van der Waals surface area (Å²) in [5, 5.41) is 17.8. The Hall–Kier alpha value is -0.950. The van der Waals surface area contributed by atoms with Gasteiger partial charge in [0.15, 0.2) is 0 Å². The first-order valence-electron chi connectivity index (χ1n) is 2.62. The number of phenols is 2. The zero-order valence-corrected chi connectivity index (χ0v) is 6.27. The lowest BCUT2D eigenvalue weighted by molar-refractivity contribution is 0.446. The van der Waals surface area contributed by atoms with Crippen LogP contribution in [0.25, 0.3) is 0 Å². The van der Waals surface area contributed by atoms with Crippen LogP contribution in [0, 0.1) is 0 Å². The van der Waals surface area contributed by atoms with Gasteiger partial charge in [-0.3, -0.25) is 0 Å². The van der Waals surface area contributed by atoms with Crippen LogP contribution < -0.4 is 4.52 Å². The minimum atomic E-state index is -0.0162. The summed E-state index contributed by atoms with van der Waals surface area (Å²) in [5.41, 5.74) is 0. The van der Waals surface area contributed by atoms with Crippen LogP contribution in [0.3, 0.4) is 0 Å². The minimum Gasteiger partial charge on any atom is -0.508 e. The molecule has 0 fully saturated rings. The number of phenolic OH excluding ortho intramolecular Hbond substituents is 2. The van der Waals surface area contributed by atoms with Crippen molar-refractivity contribution in [2.24, 2.45) is 0 Å². The van der Waals surface area contributed by atoms with E-state index in [9.17, 15) is 0 Å². The van der Waals surface area contributed by atoms with Gasteiger partial charge in [-0.2, -0.15) is 0 Å². The van der Waals surface area contributed by atoms with Crippen LogP contribution in [0.5, 0.6) is 17.2 Å². The molecule has 0 saturated carbocycles. The molecule has 0 heterocycles. The molecule has 1 rings (SSSR count). The number of hydrogen-bond acceptors (Lipinski definition) is 3. The number of rotatable bonds is 1. The monoisotopic (exact) mass is 158 g/mol. The summed E-state index contributed by atoms with van der Waals surface area (Å²) in [6, 6.07) is 4.02. The quantitative estimate of drug-likeness (QED) is 0.605. The maximum Gasteiger partial charge on any atom is 0.129 e. The van der Waals surface area contributed by atoms with E-state index in [1.165, 1.54) is 18.2 Å². The largest absolute Gasteiger partial charge is 0.508 e. The van der Waals surface area contributed by atoms with Crippen molar-refractivity contribution >= 4 is 9.47 Å². The predicted molar refractivity (Wildman–Crippen MR) is 40.1 cm³/mol. The maximum absolute atomic E-state index is 8.88. The van der Waals surface area contributed by atoms with Crippen LogP contribution >= 0.6 is 9.47 Å². The molecule has 1 unspecified atom stereocenters. The molecule has 1 atom stereocenters. The van der Waals surface area contributed by atoms with E-state index in [2.05, 4.69) is 4.52 Å². The summed E-state index contributed by atoms with van der Waals surface area (Å²) >= 11 is 0. The average Bonchev–Trinajstić information content (AvgIpc) is 1.85. The van der Waals surface area contributed by atoms with Crippen molar-refractivity contribution in [2.45, 2.75) is 0 Å². The van der Waals surface area contributed by atoms with E-state index in [0.717, 1.165) is 0 Å². The van der Waals surface area contributed by atoms with E-state index in [1.54, 1.807) is 0 Å². The van der Waals surface area contributed by atoms with E-state index >= 15 is 0 Å². The lowest BCUT2D eigenvalue weighted by Crippen LogP contribution is -1.73. The van der Waals surface area contributed by atoms with Crippen LogP contribution in [0.15, 0.2) is 18.2 Å². The molecule has 2 N–H and O–H groups in total. The fourth-order valence-corrected chi connectivity index (χ4v) is 0.772. The summed E-state index contributed by atoms with van der Waals surface area (Å²) in [5.74, 6) is 0.373. The Morgan fingerprint density at radius 2 is 1.60 bits per heavy atom. The first-order valence-corrected chi connectivity index (χ1v) is 3.09. The maximum atomic E-state index is 8.88. The number of benzene rings is 1. The van der Waals surface area contributed by atoms with E-state index in [1.807, 2.05) is 9.47 Å². The Kier molecular flexibility index (Phi) is 1.97. The highest BCUT2D eigenvalue weighted by Gasteiger charge is 1.96. The molecule has 0 aliphatic carbocycles. The molecule has 54 valence electrons. The highest BCUT2D eigenvalue weighted by molar-refractivity contribution is 7.10. The molecule has 0 aliphatic heterocycles. The second kappa shape index (κ2) is 2.76. The number of hydrogen-bond donors (Lipinski definition) is 2. The van der Waals surface area contributed by atoms with Crippen LogP contribution in [0.4, 0.5) is 0 Å². The van der Waals surface area contributed by atoms with Crippen molar-refractivity contribution in [3.63, 3.8) is 0 Å². The Bertz CT molecular complexity index is 216. The highest BCUT2D eigenvalue weighted by atomic mass is 31.0. The summed E-state index contributed by atoms with van der Waals surface area (Å²) in [7, 11) is 2.02. The molecular formula is C6H7O3P. The molecule has 4 heteroatoms. The SMILES string of the molecule is Oc1cc(O)cc(OP)c1. The molecule has 3 nitrogen and oxygen atoms in total. The average molecular weight is 158 g/mol. The van der Waals surface area contributed by atoms with Gasteiger partial charge in [0.05, 0.1) is 9.47 Å². The van der Waals surface area contributed by atoms with Crippen molar-refractivity contribution in [2.75, 3.05) is 0 Å². The summed E-state index contributed by atoms with van der Waals surface area (Å²) < 4.78 is 4.67. The Labute approximate surface area is 60.5 Å². The van der Waals surface area contributed by atoms with Crippen molar-refractivity contribution in [1.82, 2.24) is 0 Å². The third-order valence-electron chi connectivity index (χ3n) is 1.01. The second-order valence-electron chi connectivity index (χ2n) is 1.80. The van der Waals surface area contributed by atoms with Crippen LogP contribution in [0.2, 0.25) is 0 Å². The van der Waals surface area contributed by atoms with Crippen molar-refractivity contribution in [3.05, 3.63) is 18.2 Å². The third kappa shape index (κ3) is 1.52. The first-order chi connectivity index (χ1) is 4.72. The molecule has 10 heavy (non-hydrogen) atoms. The van der Waals surface area contributed by atoms with Crippen molar-refractivity contribution in [3.8, 4) is 17.2 Å².